The molecule has 0 radical (unpaired) electrons. The zero-order valence-corrected chi connectivity index (χ0v) is 12.9. The summed E-state index contributed by atoms with van der Waals surface area (Å²) in [5.74, 6) is 0.237. The highest BCUT2D eigenvalue weighted by Crippen LogP contribution is 2.29. The highest BCUT2D eigenvalue weighted by Gasteiger charge is 2.13. The summed E-state index contributed by atoms with van der Waals surface area (Å²) in [6, 6.07) is 12.5. The highest BCUT2D eigenvalue weighted by atomic mass is 16.1. The fraction of sp³-hybridized carbons (Fsp3) is 0.316. The maximum absolute atomic E-state index is 12.2. The van der Waals surface area contributed by atoms with Gasteiger partial charge in [-0.05, 0) is 49.1 Å². The van der Waals surface area contributed by atoms with Crippen molar-refractivity contribution in [2.24, 2.45) is 5.92 Å². The number of benzene rings is 2. The second-order valence-electron chi connectivity index (χ2n) is 5.87. The van der Waals surface area contributed by atoms with E-state index in [1.165, 1.54) is 22.3 Å². The molecule has 0 N–H and O–H groups in total. The van der Waals surface area contributed by atoms with E-state index in [1.54, 1.807) is 0 Å². The number of Topliss-reactive ketones (excluding diaryl/α,β-unsaturated/α-hetero) is 1. The molecule has 0 amide bonds. The molecule has 0 spiro atoms. The van der Waals surface area contributed by atoms with Crippen molar-refractivity contribution < 1.29 is 4.79 Å². The van der Waals surface area contributed by atoms with Gasteiger partial charge in [-0.25, -0.2) is 0 Å². The summed E-state index contributed by atoms with van der Waals surface area (Å²) in [5, 5.41) is 0. The molecule has 20 heavy (non-hydrogen) atoms. The molecule has 104 valence electrons. The Bertz CT molecular complexity index is 651. The Kier molecular flexibility index (Phi) is 4.08. The normalized spacial score (nSPS) is 10.9. The number of carbonyl (C=O) groups is 1. The topological polar surface area (TPSA) is 17.1 Å². The van der Waals surface area contributed by atoms with Gasteiger partial charge in [0.1, 0.15) is 0 Å². The van der Waals surface area contributed by atoms with Crippen molar-refractivity contribution in [1.29, 1.82) is 0 Å². The molecule has 2 rings (SSSR count). The van der Waals surface area contributed by atoms with Crippen molar-refractivity contribution in [3.8, 4) is 11.1 Å². The smallest absolute Gasteiger partial charge is 0.165 e. The van der Waals surface area contributed by atoms with Gasteiger partial charge in [-0.2, -0.15) is 0 Å². The van der Waals surface area contributed by atoms with Gasteiger partial charge in [0, 0.05) is 11.5 Å². The van der Waals surface area contributed by atoms with Crippen LogP contribution in [0.15, 0.2) is 36.4 Å². The minimum Gasteiger partial charge on any atom is -0.294 e. The summed E-state index contributed by atoms with van der Waals surface area (Å²) in [7, 11) is 0. The van der Waals surface area contributed by atoms with Crippen LogP contribution in [-0.2, 0) is 0 Å². The summed E-state index contributed by atoms with van der Waals surface area (Å²) in [4.78, 5) is 12.2. The van der Waals surface area contributed by atoms with Crippen molar-refractivity contribution in [2.45, 2.75) is 34.6 Å². The molecule has 1 nitrogen and oxygen atoms in total. The van der Waals surface area contributed by atoms with Crippen LogP contribution in [0, 0.1) is 26.7 Å². The predicted octanol–water partition coefficient (Wildman–Crippen LogP) is 5.12. The summed E-state index contributed by atoms with van der Waals surface area (Å²) in [6.45, 7) is 10.2. The highest BCUT2D eigenvalue weighted by molar-refractivity contribution is 5.98. The maximum atomic E-state index is 12.2. The molecule has 0 bridgehead atoms. The Labute approximate surface area is 121 Å². The van der Waals surface area contributed by atoms with Crippen molar-refractivity contribution in [3.63, 3.8) is 0 Å². The zero-order chi connectivity index (χ0) is 14.9. The summed E-state index contributed by atoms with van der Waals surface area (Å²) in [6.07, 6.45) is 0. The first-order valence-electron chi connectivity index (χ1n) is 7.12. The quantitative estimate of drug-likeness (QED) is 0.705. The molecule has 0 saturated carbocycles. The van der Waals surface area contributed by atoms with E-state index in [1.807, 2.05) is 32.0 Å². The number of aryl methyl sites for hydroxylation is 3. The third kappa shape index (κ3) is 2.82. The zero-order valence-electron chi connectivity index (χ0n) is 12.9. The van der Waals surface area contributed by atoms with E-state index in [2.05, 4.69) is 39.0 Å². The van der Waals surface area contributed by atoms with E-state index in [4.69, 9.17) is 0 Å². The number of ketones is 1. The molecule has 0 aliphatic heterocycles. The second kappa shape index (κ2) is 5.62. The van der Waals surface area contributed by atoms with Crippen molar-refractivity contribution in [2.75, 3.05) is 0 Å². The number of rotatable bonds is 3. The maximum Gasteiger partial charge on any atom is 0.165 e. The summed E-state index contributed by atoms with van der Waals surface area (Å²) in [5.41, 5.74) is 6.90. The van der Waals surface area contributed by atoms with Crippen LogP contribution in [0.25, 0.3) is 11.1 Å². The molecule has 0 saturated heterocycles. The van der Waals surface area contributed by atoms with Crippen molar-refractivity contribution >= 4 is 5.78 Å². The van der Waals surface area contributed by atoms with Crippen LogP contribution in [0.1, 0.15) is 40.9 Å². The molecule has 0 atom stereocenters. The average molecular weight is 266 g/mol. The first kappa shape index (κ1) is 14.5. The Morgan fingerprint density at radius 3 is 2.15 bits per heavy atom. The lowest BCUT2D eigenvalue weighted by Gasteiger charge is -2.13. The van der Waals surface area contributed by atoms with Crippen LogP contribution >= 0.6 is 0 Å². The van der Waals surface area contributed by atoms with E-state index in [0.29, 0.717) is 0 Å². The molecular formula is C19H22O. The molecule has 0 heterocycles. The van der Waals surface area contributed by atoms with Gasteiger partial charge >= 0.3 is 0 Å². The molecule has 0 aliphatic carbocycles. The minimum absolute atomic E-state index is 0.0321. The van der Waals surface area contributed by atoms with Crippen LogP contribution in [0.3, 0.4) is 0 Å². The third-order valence-electron chi connectivity index (χ3n) is 3.72. The first-order valence-corrected chi connectivity index (χ1v) is 7.12. The monoisotopic (exact) mass is 266 g/mol. The Morgan fingerprint density at radius 1 is 0.850 bits per heavy atom. The number of hydrogen-bond donors (Lipinski definition) is 0. The van der Waals surface area contributed by atoms with Crippen LogP contribution in [-0.4, -0.2) is 5.78 Å². The lowest BCUT2D eigenvalue weighted by atomic mass is 9.91. The van der Waals surface area contributed by atoms with Gasteiger partial charge in [0.15, 0.2) is 5.78 Å². The van der Waals surface area contributed by atoms with Gasteiger partial charge < -0.3 is 0 Å². The van der Waals surface area contributed by atoms with E-state index in [9.17, 15) is 4.79 Å². The fourth-order valence-corrected chi connectivity index (χ4v) is 2.51. The average Bonchev–Trinajstić information content (AvgIpc) is 2.39. The van der Waals surface area contributed by atoms with Gasteiger partial charge in [-0.15, -0.1) is 0 Å². The summed E-state index contributed by atoms with van der Waals surface area (Å²) < 4.78 is 0. The van der Waals surface area contributed by atoms with Gasteiger partial charge in [0.05, 0.1) is 0 Å². The number of carbonyl (C=O) groups excluding carboxylic acids is 1. The van der Waals surface area contributed by atoms with E-state index >= 15 is 0 Å². The number of hydrogen-bond acceptors (Lipinski definition) is 1. The van der Waals surface area contributed by atoms with Crippen molar-refractivity contribution in [3.05, 3.63) is 58.7 Å². The molecule has 0 aromatic heterocycles. The van der Waals surface area contributed by atoms with Crippen LogP contribution in [0.5, 0.6) is 0 Å². The largest absolute Gasteiger partial charge is 0.294 e. The summed E-state index contributed by atoms with van der Waals surface area (Å²) >= 11 is 0. The van der Waals surface area contributed by atoms with E-state index in [0.717, 1.165) is 11.1 Å². The molecule has 0 fully saturated rings. The first-order chi connectivity index (χ1) is 9.40. The van der Waals surface area contributed by atoms with Gasteiger partial charge in [-0.1, -0.05) is 49.7 Å². The Morgan fingerprint density at radius 2 is 1.55 bits per heavy atom. The SMILES string of the molecule is Cc1ccc(-c2cc(C(=O)C(C)C)ccc2C)c(C)c1. The van der Waals surface area contributed by atoms with Crippen LogP contribution in [0.2, 0.25) is 0 Å². The van der Waals surface area contributed by atoms with E-state index < -0.39 is 0 Å². The van der Waals surface area contributed by atoms with Gasteiger partial charge in [0.2, 0.25) is 0 Å². The van der Waals surface area contributed by atoms with Gasteiger partial charge in [-0.3, -0.25) is 4.79 Å². The molecule has 2 aromatic carbocycles. The molecule has 1 heteroatoms. The lowest BCUT2D eigenvalue weighted by molar-refractivity contribution is 0.0939. The van der Waals surface area contributed by atoms with Crippen LogP contribution < -0.4 is 0 Å². The molecule has 0 unspecified atom stereocenters. The Hall–Kier alpha value is -1.89. The third-order valence-corrected chi connectivity index (χ3v) is 3.72. The molecule has 2 aromatic rings. The second-order valence-corrected chi connectivity index (χ2v) is 5.87. The molecule has 0 aliphatic rings. The minimum atomic E-state index is 0.0321. The van der Waals surface area contributed by atoms with Crippen molar-refractivity contribution in [1.82, 2.24) is 0 Å². The molecular weight excluding hydrogens is 244 g/mol. The Balaban J connectivity index is 2.56. The van der Waals surface area contributed by atoms with E-state index in [-0.39, 0.29) is 11.7 Å². The lowest BCUT2D eigenvalue weighted by Crippen LogP contribution is -2.07. The standard InChI is InChI=1S/C19H22O/c1-12(2)19(20)16-8-7-14(4)18(11-16)17-9-6-13(3)10-15(17)5/h6-12H,1-5H3. The van der Waals surface area contributed by atoms with Gasteiger partial charge in [0.25, 0.3) is 0 Å². The predicted molar refractivity (Wildman–Crippen MR) is 85.3 cm³/mol. The fourth-order valence-electron chi connectivity index (χ4n) is 2.51. The van der Waals surface area contributed by atoms with Crippen LogP contribution in [0.4, 0.5) is 0 Å².